The normalized spacial score (nSPS) is 11.9. The highest BCUT2D eigenvalue weighted by molar-refractivity contribution is 5.69. The summed E-state index contributed by atoms with van der Waals surface area (Å²) in [5.41, 5.74) is 2.25. The molecule has 0 heterocycles. The molecule has 0 saturated carbocycles. The number of hydrogen-bond donors (Lipinski definition) is 2. The third-order valence-corrected chi connectivity index (χ3v) is 3.36. The van der Waals surface area contributed by atoms with Gasteiger partial charge >= 0.3 is 5.97 Å². The Morgan fingerprint density at radius 1 is 1.14 bits per heavy atom. The fourth-order valence-corrected chi connectivity index (χ4v) is 2.28. The number of aliphatic hydroxyl groups excluding tert-OH is 1. The van der Waals surface area contributed by atoms with Crippen LogP contribution >= 0.6 is 0 Å². The van der Waals surface area contributed by atoms with E-state index in [0.717, 1.165) is 11.1 Å². The summed E-state index contributed by atoms with van der Waals surface area (Å²) in [5, 5.41) is 12.7. The lowest BCUT2D eigenvalue weighted by molar-refractivity contribution is -0.131. The van der Waals surface area contributed by atoms with Gasteiger partial charge in [0, 0.05) is 26.1 Å². The minimum absolute atomic E-state index is 0.111. The average molecular weight is 299 g/mol. The number of hydrogen-bond acceptors (Lipinski definition) is 4. The van der Waals surface area contributed by atoms with Crippen molar-refractivity contribution in [2.45, 2.75) is 25.9 Å². The van der Waals surface area contributed by atoms with Crippen LogP contribution in [0.25, 0.3) is 0 Å². The van der Waals surface area contributed by atoms with E-state index in [1.807, 2.05) is 30.3 Å². The maximum atomic E-state index is 10.9. The molecule has 1 atom stereocenters. The molecule has 0 bridgehead atoms. The van der Waals surface area contributed by atoms with E-state index in [1.54, 1.807) is 12.1 Å². The molecule has 4 nitrogen and oxygen atoms in total. The van der Waals surface area contributed by atoms with Crippen molar-refractivity contribution in [2.75, 3.05) is 6.61 Å². The summed E-state index contributed by atoms with van der Waals surface area (Å²) >= 11 is 0. The second-order valence-corrected chi connectivity index (χ2v) is 5.09. The zero-order chi connectivity index (χ0) is 15.8. The molecule has 0 radical (unpaired) electrons. The first kappa shape index (κ1) is 16.2. The van der Waals surface area contributed by atoms with Crippen molar-refractivity contribution in [3.8, 4) is 5.75 Å². The summed E-state index contributed by atoms with van der Waals surface area (Å²) < 4.78 is 5.01. The molecule has 4 heteroatoms. The van der Waals surface area contributed by atoms with Gasteiger partial charge in [-0.1, -0.05) is 42.5 Å². The van der Waals surface area contributed by atoms with E-state index in [-0.39, 0.29) is 18.6 Å². The second kappa shape index (κ2) is 8.32. The van der Waals surface area contributed by atoms with Gasteiger partial charge < -0.3 is 15.2 Å². The lowest BCUT2D eigenvalue weighted by atomic mass is 10.0. The van der Waals surface area contributed by atoms with E-state index < -0.39 is 0 Å². The van der Waals surface area contributed by atoms with Gasteiger partial charge in [-0.3, -0.25) is 4.79 Å². The molecule has 2 aromatic rings. The van der Waals surface area contributed by atoms with Crippen LogP contribution in [0.1, 0.15) is 30.5 Å². The molecule has 2 N–H and O–H groups in total. The van der Waals surface area contributed by atoms with Crippen molar-refractivity contribution in [3.63, 3.8) is 0 Å². The van der Waals surface area contributed by atoms with Crippen molar-refractivity contribution >= 4 is 5.97 Å². The average Bonchev–Trinajstić information content (AvgIpc) is 2.53. The summed E-state index contributed by atoms with van der Waals surface area (Å²) in [6, 6.07) is 17.6. The Labute approximate surface area is 130 Å². The number of aliphatic hydroxyl groups is 1. The van der Waals surface area contributed by atoms with Crippen LogP contribution < -0.4 is 10.1 Å². The van der Waals surface area contributed by atoms with Crippen molar-refractivity contribution < 1.29 is 14.6 Å². The molecule has 22 heavy (non-hydrogen) atoms. The van der Waals surface area contributed by atoms with Crippen LogP contribution in [0, 0.1) is 0 Å². The number of benzene rings is 2. The third kappa shape index (κ3) is 4.98. The molecular weight excluding hydrogens is 278 g/mol. The molecule has 116 valence electrons. The number of carbonyl (C=O) groups excluding carboxylic acids is 1. The van der Waals surface area contributed by atoms with Crippen LogP contribution in [-0.2, 0) is 11.3 Å². The molecular formula is C18H21NO3. The van der Waals surface area contributed by atoms with Gasteiger partial charge in [-0.15, -0.1) is 0 Å². The van der Waals surface area contributed by atoms with Gasteiger partial charge in [0.15, 0.2) is 0 Å². The fourth-order valence-electron chi connectivity index (χ4n) is 2.28. The van der Waals surface area contributed by atoms with Crippen molar-refractivity contribution in [1.29, 1.82) is 0 Å². The van der Waals surface area contributed by atoms with E-state index in [2.05, 4.69) is 17.4 Å². The molecule has 0 fully saturated rings. The van der Waals surface area contributed by atoms with Crippen LogP contribution in [0.15, 0.2) is 54.6 Å². The first-order valence-electron chi connectivity index (χ1n) is 7.35. The Hall–Kier alpha value is -2.17. The van der Waals surface area contributed by atoms with Crippen molar-refractivity contribution in [3.05, 3.63) is 65.7 Å². The SMILES string of the molecule is CC(=O)Oc1ccc(CNC(CCO)c2ccccc2)cc1. The van der Waals surface area contributed by atoms with Gasteiger partial charge in [0.25, 0.3) is 0 Å². The molecule has 0 saturated heterocycles. The Kier molecular flexibility index (Phi) is 6.13. The monoisotopic (exact) mass is 299 g/mol. The van der Waals surface area contributed by atoms with E-state index in [0.29, 0.717) is 18.7 Å². The molecule has 0 aliphatic rings. The maximum Gasteiger partial charge on any atom is 0.308 e. The summed E-state index contributed by atoms with van der Waals surface area (Å²) in [4.78, 5) is 10.9. The molecule has 0 spiro atoms. The summed E-state index contributed by atoms with van der Waals surface area (Å²) in [7, 11) is 0. The number of rotatable bonds is 7. The summed E-state index contributed by atoms with van der Waals surface area (Å²) in [6.45, 7) is 2.20. The van der Waals surface area contributed by atoms with Crippen molar-refractivity contribution in [2.24, 2.45) is 0 Å². The topological polar surface area (TPSA) is 58.6 Å². The maximum absolute atomic E-state index is 10.9. The molecule has 0 aliphatic carbocycles. The zero-order valence-corrected chi connectivity index (χ0v) is 12.7. The molecule has 0 amide bonds. The van der Waals surface area contributed by atoms with Gasteiger partial charge in [-0.25, -0.2) is 0 Å². The smallest absolute Gasteiger partial charge is 0.308 e. The van der Waals surface area contributed by atoms with Crippen LogP contribution in [0.2, 0.25) is 0 Å². The quantitative estimate of drug-likeness (QED) is 0.610. The zero-order valence-electron chi connectivity index (χ0n) is 12.7. The Morgan fingerprint density at radius 2 is 1.82 bits per heavy atom. The van der Waals surface area contributed by atoms with Crippen LogP contribution in [0.4, 0.5) is 0 Å². The first-order valence-corrected chi connectivity index (χ1v) is 7.35. The number of nitrogens with one attached hydrogen (secondary N) is 1. The van der Waals surface area contributed by atoms with E-state index in [9.17, 15) is 9.90 Å². The third-order valence-electron chi connectivity index (χ3n) is 3.36. The molecule has 2 aromatic carbocycles. The summed E-state index contributed by atoms with van der Waals surface area (Å²) in [6.07, 6.45) is 0.662. The van der Waals surface area contributed by atoms with Gasteiger partial charge in [-0.05, 0) is 29.7 Å². The fraction of sp³-hybridized carbons (Fsp3) is 0.278. The Balaban J connectivity index is 1.96. The molecule has 2 rings (SSSR count). The van der Waals surface area contributed by atoms with Gasteiger partial charge in [0.05, 0.1) is 0 Å². The highest BCUT2D eigenvalue weighted by Crippen LogP contribution is 2.18. The van der Waals surface area contributed by atoms with Crippen LogP contribution in [-0.4, -0.2) is 17.7 Å². The first-order chi connectivity index (χ1) is 10.7. The van der Waals surface area contributed by atoms with Crippen molar-refractivity contribution in [1.82, 2.24) is 5.32 Å². The number of carbonyl (C=O) groups is 1. The second-order valence-electron chi connectivity index (χ2n) is 5.09. The predicted octanol–water partition coefficient (Wildman–Crippen LogP) is 2.83. The van der Waals surface area contributed by atoms with Crippen LogP contribution in [0.3, 0.4) is 0 Å². The van der Waals surface area contributed by atoms with E-state index >= 15 is 0 Å². The summed E-state index contributed by atoms with van der Waals surface area (Å²) in [5.74, 6) is 0.226. The minimum atomic E-state index is -0.321. The number of ether oxygens (including phenoxy) is 1. The largest absolute Gasteiger partial charge is 0.427 e. The highest BCUT2D eigenvalue weighted by atomic mass is 16.5. The standard InChI is InChI=1S/C18H21NO3/c1-14(21)22-17-9-7-15(8-10-17)13-19-18(11-12-20)16-5-3-2-4-6-16/h2-10,18-20H,11-13H2,1H3. The van der Waals surface area contributed by atoms with E-state index in [1.165, 1.54) is 6.92 Å². The molecule has 1 unspecified atom stereocenters. The van der Waals surface area contributed by atoms with Gasteiger partial charge in [-0.2, -0.15) is 0 Å². The lowest BCUT2D eigenvalue weighted by Crippen LogP contribution is -2.22. The Morgan fingerprint density at radius 3 is 2.41 bits per heavy atom. The predicted molar refractivity (Wildman–Crippen MR) is 85.5 cm³/mol. The number of esters is 1. The van der Waals surface area contributed by atoms with Crippen LogP contribution in [0.5, 0.6) is 5.75 Å². The van der Waals surface area contributed by atoms with E-state index in [4.69, 9.17) is 4.74 Å². The highest BCUT2D eigenvalue weighted by Gasteiger charge is 2.10. The lowest BCUT2D eigenvalue weighted by Gasteiger charge is -2.18. The van der Waals surface area contributed by atoms with Gasteiger partial charge in [0.1, 0.15) is 5.75 Å². The van der Waals surface area contributed by atoms with Gasteiger partial charge in [0.2, 0.25) is 0 Å². The molecule has 0 aromatic heterocycles. The minimum Gasteiger partial charge on any atom is -0.427 e. The Bertz CT molecular complexity index is 581. The molecule has 0 aliphatic heterocycles.